The van der Waals surface area contributed by atoms with Crippen molar-refractivity contribution in [2.24, 2.45) is 5.11 Å². The minimum absolute atomic E-state index is 0.527. The van der Waals surface area contributed by atoms with Crippen molar-refractivity contribution in [3.8, 4) is 0 Å². The van der Waals surface area contributed by atoms with E-state index in [1.54, 1.807) is 0 Å². The molecule has 13 nitrogen and oxygen atoms in total. The van der Waals surface area contributed by atoms with Gasteiger partial charge in [-0.15, -0.1) is 0 Å². The topological polar surface area (TPSA) is 186 Å². The van der Waals surface area contributed by atoms with Gasteiger partial charge >= 0.3 is 17.9 Å². The highest BCUT2D eigenvalue weighted by Crippen LogP contribution is 2.33. The Labute approximate surface area is 153 Å². The number of rotatable bonds is 6. The van der Waals surface area contributed by atoms with Crippen LogP contribution in [0.25, 0.3) is 10.4 Å². The van der Waals surface area contributed by atoms with Gasteiger partial charge in [0.2, 0.25) is 5.91 Å². The molecule has 0 aliphatic carbocycles. The number of amides is 1. The zero-order chi connectivity index (χ0) is 20.8. The number of aliphatic hydroxyl groups is 1. The van der Waals surface area contributed by atoms with E-state index in [2.05, 4.69) is 15.3 Å². The van der Waals surface area contributed by atoms with Gasteiger partial charge in [0.1, 0.15) is 18.8 Å². The van der Waals surface area contributed by atoms with Crippen molar-refractivity contribution in [1.82, 2.24) is 5.32 Å². The lowest BCUT2D eigenvalue weighted by atomic mass is 9.93. The second kappa shape index (κ2) is 9.16. The first kappa shape index (κ1) is 22.2. The van der Waals surface area contributed by atoms with Crippen molar-refractivity contribution < 1.29 is 43.2 Å². The number of ether oxygens (including phenoxy) is 4. The van der Waals surface area contributed by atoms with Crippen LogP contribution in [0.15, 0.2) is 5.11 Å². The van der Waals surface area contributed by atoms with E-state index in [0.717, 1.165) is 27.7 Å². The van der Waals surface area contributed by atoms with Crippen LogP contribution in [0, 0.1) is 0 Å². The van der Waals surface area contributed by atoms with Gasteiger partial charge in [0.05, 0.1) is 0 Å². The first-order chi connectivity index (χ1) is 12.5. The van der Waals surface area contributed by atoms with E-state index in [4.69, 9.17) is 24.5 Å². The molecule has 1 amide bonds. The molecule has 1 aliphatic rings. The maximum atomic E-state index is 11.5. The molecule has 0 bridgehead atoms. The zero-order valence-corrected chi connectivity index (χ0v) is 15.1. The predicted molar refractivity (Wildman–Crippen MR) is 84.3 cm³/mol. The van der Waals surface area contributed by atoms with Crippen LogP contribution in [0.5, 0.6) is 0 Å². The van der Waals surface area contributed by atoms with Crippen molar-refractivity contribution in [1.29, 1.82) is 0 Å². The van der Waals surface area contributed by atoms with Crippen LogP contribution in [0.4, 0.5) is 0 Å². The summed E-state index contributed by atoms with van der Waals surface area (Å²) in [6.45, 7) is 3.77. The normalized spacial score (nSPS) is 29.7. The van der Waals surface area contributed by atoms with E-state index in [9.17, 15) is 24.3 Å². The lowest BCUT2D eigenvalue weighted by Gasteiger charge is -2.47. The third-order valence-corrected chi connectivity index (χ3v) is 3.35. The Morgan fingerprint density at radius 3 is 2.11 bits per heavy atom. The summed E-state index contributed by atoms with van der Waals surface area (Å²) in [6, 6.07) is -1.62. The van der Waals surface area contributed by atoms with Crippen molar-refractivity contribution in [2.45, 2.75) is 58.0 Å². The van der Waals surface area contributed by atoms with Crippen LogP contribution in [-0.2, 0) is 38.1 Å². The molecule has 1 heterocycles. The number of nitrogens with one attached hydrogen (secondary N) is 1. The highest BCUT2D eigenvalue weighted by Gasteiger charge is 2.58. The number of hydrogen-bond acceptors (Lipinski definition) is 10. The second-order valence-corrected chi connectivity index (χ2v) is 5.63. The smallest absolute Gasteiger partial charge is 0.303 e. The second-order valence-electron chi connectivity index (χ2n) is 5.63. The van der Waals surface area contributed by atoms with Crippen molar-refractivity contribution in [2.75, 3.05) is 6.61 Å². The third-order valence-electron chi connectivity index (χ3n) is 3.35. The largest absolute Gasteiger partial charge is 0.463 e. The summed E-state index contributed by atoms with van der Waals surface area (Å²) < 4.78 is 20.3. The molecule has 13 heteroatoms. The summed E-state index contributed by atoms with van der Waals surface area (Å²) in [5.74, 6) is -5.76. The van der Waals surface area contributed by atoms with Crippen LogP contribution < -0.4 is 5.32 Å². The van der Waals surface area contributed by atoms with Crippen molar-refractivity contribution in [3.63, 3.8) is 0 Å². The predicted octanol–water partition coefficient (Wildman–Crippen LogP) is -0.727. The van der Waals surface area contributed by atoms with Crippen molar-refractivity contribution in [3.05, 3.63) is 10.4 Å². The highest BCUT2D eigenvalue weighted by atomic mass is 16.7. The summed E-state index contributed by atoms with van der Waals surface area (Å²) in [7, 11) is 0. The summed E-state index contributed by atoms with van der Waals surface area (Å²) in [5.41, 5.74) is 8.75. The molecule has 1 saturated heterocycles. The first-order valence-corrected chi connectivity index (χ1v) is 7.71. The Kier molecular flexibility index (Phi) is 7.52. The van der Waals surface area contributed by atoms with E-state index in [0.29, 0.717) is 0 Å². The molecule has 2 N–H and O–H groups in total. The Hall–Kier alpha value is -2.89. The maximum absolute atomic E-state index is 11.5. The molecule has 0 spiro atoms. The van der Waals surface area contributed by atoms with E-state index >= 15 is 0 Å². The summed E-state index contributed by atoms with van der Waals surface area (Å²) in [6.07, 6.45) is -4.28. The van der Waals surface area contributed by atoms with Gasteiger partial charge in [-0.1, -0.05) is 0 Å². The maximum Gasteiger partial charge on any atom is 0.303 e. The lowest BCUT2D eigenvalue weighted by molar-refractivity contribution is -0.318. The molecule has 27 heavy (non-hydrogen) atoms. The molecule has 5 atom stereocenters. The number of carbonyl (C=O) groups is 4. The number of esters is 3. The van der Waals surface area contributed by atoms with Crippen LogP contribution in [0.2, 0.25) is 0 Å². The third kappa shape index (κ3) is 6.09. The molecular formula is C14H20N4O9. The highest BCUT2D eigenvalue weighted by molar-refractivity contribution is 5.74. The minimum Gasteiger partial charge on any atom is -0.463 e. The quantitative estimate of drug-likeness (QED) is 0.194. The summed E-state index contributed by atoms with van der Waals surface area (Å²) in [5, 5.41) is 16.0. The monoisotopic (exact) mass is 388 g/mol. The van der Waals surface area contributed by atoms with Crippen LogP contribution in [0.3, 0.4) is 0 Å². The van der Waals surface area contributed by atoms with Gasteiger partial charge in [-0.05, 0) is 10.6 Å². The number of hydrogen-bond donors (Lipinski definition) is 2. The van der Waals surface area contributed by atoms with Crippen LogP contribution in [0.1, 0.15) is 27.7 Å². The average Bonchev–Trinajstić information content (AvgIpc) is 2.51. The van der Waals surface area contributed by atoms with Crippen molar-refractivity contribution >= 4 is 23.8 Å². The molecule has 1 fully saturated rings. The van der Waals surface area contributed by atoms with E-state index in [1.807, 2.05) is 0 Å². The number of azide groups is 1. The van der Waals surface area contributed by atoms with E-state index in [1.165, 1.54) is 0 Å². The van der Waals surface area contributed by atoms with Gasteiger partial charge < -0.3 is 29.4 Å². The molecule has 0 saturated carbocycles. The first-order valence-electron chi connectivity index (χ1n) is 7.71. The SMILES string of the molecule is CC(=O)N[C@@H]1[C@@H](OC(C)=O)[C@@H](OC(C)=O)[C@@H](COC(C)=O)O[C@]1(O)N=[N+]=[N-]. The molecule has 0 aromatic rings. The molecular weight excluding hydrogens is 368 g/mol. The molecule has 0 radical (unpaired) electrons. The molecule has 0 aromatic heterocycles. The summed E-state index contributed by atoms with van der Waals surface area (Å²) in [4.78, 5) is 48.1. The zero-order valence-electron chi connectivity index (χ0n) is 15.1. The molecule has 1 aliphatic heterocycles. The van der Waals surface area contributed by atoms with E-state index in [-0.39, 0.29) is 0 Å². The van der Waals surface area contributed by atoms with Gasteiger partial charge in [0.15, 0.2) is 12.2 Å². The fourth-order valence-electron chi connectivity index (χ4n) is 2.51. The van der Waals surface area contributed by atoms with Crippen LogP contribution >= 0.6 is 0 Å². The lowest BCUT2D eigenvalue weighted by Crippen LogP contribution is -2.70. The van der Waals surface area contributed by atoms with Gasteiger partial charge in [0, 0.05) is 32.6 Å². The fraction of sp³-hybridized carbons (Fsp3) is 0.714. The molecule has 0 aromatic carbocycles. The van der Waals surface area contributed by atoms with Gasteiger partial charge in [-0.3, -0.25) is 19.2 Å². The number of nitrogens with zero attached hydrogens (tertiary/aromatic N) is 3. The molecule has 1 rings (SSSR count). The van der Waals surface area contributed by atoms with Crippen LogP contribution in [-0.4, -0.2) is 65.8 Å². The number of carbonyl (C=O) groups excluding carboxylic acids is 4. The Balaban J connectivity index is 3.43. The van der Waals surface area contributed by atoms with Gasteiger partial charge in [-0.25, -0.2) is 0 Å². The average molecular weight is 388 g/mol. The molecule has 0 unspecified atom stereocenters. The van der Waals surface area contributed by atoms with Gasteiger partial charge in [-0.2, -0.15) is 0 Å². The standard InChI is InChI=1S/C14H20N4O9/c1-6(19)16-13-12(26-9(4)22)11(25-8(3)21)10(5-24-7(2)20)27-14(13,23)17-18-15/h10-13,23H,5H2,1-4H3,(H,16,19)/t10-,11+,12+,13-,14+/m1/s1. The Morgan fingerprint density at radius 2 is 1.67 bits per heavy atom. The Bertz CT molecular complexity index is 663. The minimum atomic E-state index is -2.72. The van der Waals surface area contributed by atoms with E-state index < -0.39 is 60.7 Å². The molecule has 150 valence electrons. The van der Waals surface area contributed by atoms with Gasteiger partial charge in [0.25, 0.3) is 5.91 Å². The fourth-order valence-corrected chi connectivity index (χ4v) is 2.51. The summed E-state index contributed by atoms with van der Waals surface area (Å²) >= 11 is 0. The Morgan fingerprint density at radius 1 is 1.11 bits per heavy atom.